The van der Waals surface area contributed by atoms with Crippen molar-refractivity contribution in [2.24, 2.45) is 59.2 Å². The van der Waals surface area contributed by atoms with Gasteiger partial charge in [0.15, 0.2) is 0 Å². The Morgan fingerprint density at radius 2 is 0.398 bits per heavy atom. The van der Waals surface area contributed by atoms with Crippen LogP contribution in [-0.2, 0) is 0 Å². The van der Waals surface area contributed by atoms with Crippen molar-refractivity contribution in [3.63, 3.8) is 0 Å². The third-order valence-corrected chi connectivity index (χ3v) is 17.8. The van der Waals surface area contributed by atoms with Crippen molar-refractivity contribution in [1.82, 2.24) is 0 Å². The Morgan fingerprint density at radius 1 is 0.181 bits per heavy atom. The smallest absolute Gasteiger partial charge is 0.0234 e. The molecule has 0 aliphatic heterocycles. The summed E-state index contributed by atoms with van der Waals surface area (Å²) < 4.78 is 0. The first kappa shape index (κ1) is 91.2. The van der Waals surface area contributed by atoms with Crippen LogP contribution in [0.1, 0.15) is 453 Å². The maximum absolute atomic E-state index is 2.51. The predicted octanol–water partition coefficient (Wildman–Crippen LogP) is 31.7. The largest absolute Gasteiger partial charge is 0.0883 e. The second-order valence-corrected chi connectivity index (χ2v) is 29.5. The van der Waals surface area contributed by atoms with Crippen LogP contribution in [0.2, 0.25) is 0 Å². The van der Waals surface area contributed by atoms with Crippen LogP contribution in [0.3, 0.4) is 0 Å². The summed E-state index contributed by atoms with van der Waals surface area (Å²) in [6, 6.07) is 0. The Hall–Kier alpha value is -0.520. The molecule has 0 spiro atoms. The van der Waals surface area contributed by atoms with Gasteiger partial charge in [-0.3, -0.25) is 0 Å². The van der Waals surface area contributed by atoms with Gasteiger partial charge in [-0.15, -0.1) is 0 Å². The van der Waals surface area contributed by atoms with E-state index in [1.54, 1.807) is 0 Å². The zero-order chi connectivity index (χ0) is 63.3. The van der Waals surface area contributed by atoms with Gasteiger partial charge in [0.25, 0.3) is 0 Å². The normalized spacial score (nSPS) is 11.8. The summed E-state index contributed by atoms with van der Waals surface area (Å²) in [5.41, 5.74) is 0. The lowest BCUT2D eigenvalue weighted by molar-refractivity contribution is 0.362. The Morgan fingerprint density at radius 3 is 0.687 bits per heavy atom. The van der Waals surface area contributed by atoms with E-state index in [1.165, 1.54) is 315 Å². The van der Waals surface area contributed by atoms with Crippen LogP contribution in [0.25, 0.3) is 0 Å². The van der Waals surface area contributed by atoms with Crippen molar-refractivity contribution >= 4 is 0 Å². The van der Waals surface area contributed by atoms with Gasteiger partial charge in [0, 0.05) is 0 Å². The molecule has 0 heterocycles. The fourth-order valence-corrected chi connectivity index (χ4v) is 11.8. The highest BCUT2D eigenvalue weighted by atomic mass is 14.2. The Balaban J connectivity index is -0.000000306. The minimum atomic E-state index is 0.804. The summed E-state index contributed by atoms with van der Waals surface area (Å²) in [7, 11) is 0. The number of hydrogen-bond acceptors (Lipinski definition) is 0. The third kappa shape index (κ3) is 85.7. The molecule has 0 amide bonds. The Bertz CT molecular complexity index is 1050. The second-order valence-electron chi connectivity index (χ2n) is 29.5. The van der Waals surface area contributed by atoms with E-state index in [0.717, 1.165) is 59.2 Å². The maximum Gasteiger partial charge on any atom is -0.0234 e. The molecule has 0 unspecified atom stereocenters. The van der Waals surface area contributed by atoms with Crippen LogP contribution < -0.4 is 0 Å². The molecular formula is C83H172. The molecule has 0 saturated carbocycles. The molecule has 0 nitrogen and oxygen atoms in total. The first-order valence-corrected chi connectivity index (χ1v) is 39.3. The molecule has 0 aliphatic carbocycles. The van der Waals surface area contributed by atoms with E-state index in [1.807, 2.05) is 0 Å². The van der Waals surface area contributed by atoms with E-state index in [0.29, 0.717) is 0 Å². The van der Waals surface area contributed by atoms with E-state index < -0.39 is 0 Å². The standard InChI is InChI=1S/2C17H36.C17H34.C16H34.C16H32/c3*1-5-7-9-13-17(14-10-8-6-2)15-11-12-16(3)4;2*1-5-7-12-16(13-8-6-2)14-10-9-11-15(3)4/h2*16-17H,5-15H2,1-4H3;11,15-17H,5-10,12-14H2,1-4H3;15-16H,5-14H2,1-4H3;9-10,15-16H,5-8,11-14H2,1-4H3/b;;15-11-;;10-9-. The van der Waals surface area contributed by atoms with Crippen molar-refractivity contribution < 1.29 is 0 Å². The van der Waals surface area contributed by atoms with Crippen molar-refractivity contribution in [3.8, 4) is 0 Å². The molecule has 0 aromatic heterocycles. The zero-order valence-corrected chi connectivity index (χ0v) is 62.7. The number of unbranched alkanes of at least 4 members (excludes halogenated alkanes) is 17. The summed E-state index contributed by atoms with van der Waals surface area (Å²) >= 11 is 0. The van der Waals surface area contributed by atoms with E-state index in [4.69, 9.17) is 0 Å². The summed E-state index contributed by atoms with van der Waals surface area (Å²) in [5.74, 6) is 9.19. The average molecular weight is 1170 g/mol. The van der Waals surface area contributed by atoms with Crippen LogP contribution in [0.15, 0.2) is 24.3 Å². The first-order chi connectivity index (χ1) is 40.0. The van der Waals surface area contributed by atoms with E-state index in [2.05, 4.69) is 163 Å². The molecule has 0 atom stereocenters. The quantitative estimate of drug-likeness (QED) is 0.0421. The lowest BCUT2D eigenvalue weighted by Crippen LogP contribution is -2.02. The number of hydrogen-bond donors (Lipinski definition) is 0. The van der Waals surface area contributed by atoms with E-state index in [9.17, 15) is 0 Å². The van der Waals surface area contributed by atoms with Gasteiger partial charge in [0.05, 0.1) is 0 Å². The SMILES string of the molecule is CCCCC(C/C=C\CC(C)C)CCCC.CCCCC(CCCC)CCCCC(C)C.CCCCCC(/C=C\CC(C)C)CCCCC.CCCCCC(CCCCC)CCCC(C)C.CCCCCC(CCCCC)CCCC(C)C. The number of rotatable bonds is 56. The van der Waals surface area contributed by atoms with Gasteiger partial charge >= 0.3 is 0 Å². The van der Waals surface area contributed by atoms with Crippen LogP contribution in [0.4, 0.5) is 0 Å². The first-order valence-electron chi connectivity index (χ1n) is 39.3. The second kappa shape index (κ2) is 77.6. The molecule has 83 heavy (non-hydrogen) atoms. The zero-order valence-electron chi connectivity index (χ0n) is 62.7. The molecular weight excluding hydrogens is 997 g/mol. The highest BCUT2D eigenvalue weighted by Gasteiger charge is 2.12. The third-order valence-electron chi connectivity index (χ3n) is 17.8. The molecule has 0 aromatic carbocycles. The molecule has 0 aliphatic rings. The fourth-order valence-electron chi connectivity index (χ4n) is 11.8. The highest BCUT2D eigenvalue weighted by Crippen LogP contribution is 2.27. The molecule has 0 saturated heterocycles. The Kier molecular flexibility index (Phi) is 85.3. The van der Waals surface area contributed by atoms with Gasteiger partial charge < -0.3 is 0 Å². The van der Waals surface area contributed by atoms with Crippen molar-refractivity contribution in [1.29, 1.82) is 0 Å². The van der Waals surface area contributed by atoms with Crippen LogP contribution in [0.5, 0.6) is 0 Å². The Labute approximate surface area is 533 Å². The maximum atomic E-state index is 2.51. The average Bonchev–Trinajstić information content (AvgIpc) is 3.44. The monoisotopic (exact) mass is 1170 g/mol. The molecule has 0 radical (unpaired) electrons. The van der Waals surface area contributed by atoms with Gasteiger partial charge in [-0.05, 0) is 91.3 Å². The van der Waals surface area contributed by atoms with Crippen molar-refractivity contribution in [2.45, 2.75) is 453 Å². The minimum Gasteiger partial charge on any atom is -0.0883 e. The van der Waals surface area contributed by atoms with Crippen molar-refractivity contribution in [3.05, 3.63) is 24.3 Å². The van der Waals surface area contributed by atoms with E-state index >= 15 is 0 Å². The lowest BCUT2D eigenvalue weighted by atomic mass is 9.89. The molecule has 0 fully saturated rings. The molecule has 0 N–H and O–H groups in total. The van der Waals surface area contributed by atoms with Gasteiger partial charge in [-0.2, -0.15) is 0 Å². The molecule has 0 heteroatoms. The van der Waals surface area contributed by atoms with Crippen LogP contribution >= 0.6 is 0 Å². The summed E-state index contributed by atoms with van der Waals surface area (Å²) in [4.78, 5) is 0. The predicted molar refractivity (Wildman–Crippen MR) is 393 cm³/mol. The summed E-state index contributed by atoms with van der Waals surface area (Å²) in [6.07, 6.45) is 79.3. The van der Waals surface area contributed by atoms with Crippen molar-refractivity contribution in [2.75, 3.05) is 0 Å². The van der Waals surface area contributed by atoms with Gasteiger partial charge in [-0.1, -0.05) is 445 Å². The van der Waals surface area contributed by atoms with E-state index in [-0.39, 0.29) is 0 Å². The lowest BCUT2D eigenvalue weighted by Gasteiger charge is -2.17. The summed E-state index contributed by atoms with van der Waals surface area (Å²) in [6.45, 7) is 46.3. The van der Waals surface area contributed by atoms with Gasteiger partial charge in [-0.25, -0.2) is 0 Å². The topological polar surface area (TPSA) is 0 Å². The fraction of sp³-hybridized carbons (Fsp3) is 0.952. The minimum absolute atomic E-state index is 0.804. The van der Waals surface area contributed by atoms with Gasteiger partial charge in [0.1, 0.15) is 0 Å². The molecule has 0 rings (SSSR count). The summed E-state index contributed by atoms with van der Waals surface area (Å²) in [5, 5.41) is 0. The highest BCUT2D eigenvalue weighted by molar-refractivity contribution is 4.89. The van der Waals surface area contributed by atoms with Gasteiger partial charge in [0.2, 0.25) is 0 Å². The molecule has 504 valence electrons. The number of allylic oxidation sites excluding steroid dienone is 4. The molecule has 0 aromatic rings. The van der Waals surface area contributed by atoms with Crippen LogP contribution in [-0.4, -0.2) is 0 Å². The molecule has 0 bridgehead atoms. The van der Waals surface area contributed by atoms with Crippen LogP contribution in [0, 0.1) is 59.2 Å².